The first-order valence-corrected chi connectivity index (χ1v) is 12.6. The first-order chi connectivity index (χ1) is 18.1. The molecule has 3 N–H and O–H groups in total. The van der Waals surface area contributed by atoms with Crippen LogP contribution >= 0.6 is 22.9 Å². The van der Waals surface area contributed by atoms with Crippen molar-refractivity contribution in [3.8, 4) is 5.88 Å². The van der Waals surface area contributed by atoms with Crippen LogP contribution in [0.15, 0.2) is 81.7 Å². The van der Waals surface area contributed by atoms with Gasteiger partial charge in [-0.3, -0.25) is 9.36 Å². The van der Waals surface area contributed by atoms with E-state index in [9.17, 15) is 23.1 Å². The van der Waals surface area contributed by atoms with E-state index in [2.05, 4.69) is 10.2 Å². The minimum absolute atomic E-state index is 0.0110. The van der Waals surface area contributed by atoms with Crippen molar-refractivity contribution in [2.24, 2.45) is 15.9 Å². The lowest BCUT2D eigenvalue weighted by atomic mass is 9.96. The van der Waals surface area contributed by atoms with Gasteiger partial charge in [0.1, 0.15) is 0 Å². The highest BCUT2D eigenvalue weighted by atomic mass is 35.5. The Kier molecular flexibility index (Phi) is 6.95. The Hall–Kier alpha value is -3.73. The largest absolute Gasteiger partial charge is 0.493 e. The lowest BCUT2D eigenvalue weighted by Crippen LogP contribution is -2.23. The molecule has 0 fully saturated rings. The number of benzene rings is 3. The maximum atomic E-state index is 13.9. The summed E-state index contributed by atoms with van der Waals surface area (Å²) >= 11 is 6.63. The summed E-state index contributed by atoms with van der Waals surface area (Å²) in [6.07, 6.45) is -3.35. The highest BCUT2D eigenvalue weighted by molar-refractivity contribution is 7.10. The number of hydrogen-bond acceptors (Lipinski definition) is 6. The number of hydrogen-bond donors (Lipinski definition) is 2. The second-order valence-corrected chi connectivity index (χ2v) is 10.1. The van der Waals surface area contributed by atoms with Crippen LogP contribution in [-0.4, -0.2) is 15.9 Å². The van der Waals surface area contributed by atoms with Gasteiger partial charge in [-0.2, -0.15) is 23.4 Å². The second kappa shape index (κ2) is 10.2. The number of halogens is 4. The van der Waals surface area contributed by atoms with Gasteiger partial charge in [0.05, 0.1) is 22.0 Å². The van der Waals surface area contributed by atoms with E-state index in [1.807, 2.05) is 30.3 Å². The maximum absolute atomic E-state index is 13.9. The van der Waals surface area contributed by atoms with Crippen LogP contribution in [0.3, 0.4) is 0 Å². The van der Waals surface area contributed by atoms with E-state index in [-0.39, 0.29) is 34.3 Å². The summed E-state index contributed by atoms with van der Waals surface area (Å²) in [5.41, 5.74) is 7.13. The molecular formula is C27H20ClF3N4O2S. The molecule has 1 aliphatic heterocycles. The summed E-state index contributed by atoms with van der Waals surface area (Å²) in [5.74, 6) is -0.359. The average Bonchev–Trinajstić information content (AvgIpc) is 3.47. The molecule has 3 aromatic carbocycles. The molecule has 5 rings (SSSR count). The van der Waals surface area contributed by atoms with Crippen LogP contribution in [0.5, 0.6) is 5.88 Å². The molecule has 4 aromatic rings. The third kappa shape index (κ3) is 5.15. The van der Waals surface area contributed by atoms with Gasteiger partial charge in [0, 0.05) is 29.6 Å². The number of nitrogens with zero attached hydrogens (tertiary/aromatic N) is 3. The van der Waals surface area contributed by atoms with Crippen molar-refractivity contribution >= 4 is 34.7 Å². The Morgan fingerprint density at radius 1 is 1.11 bits per heavy atom. The maximum Gasteiger partial charge on any atom is 0.416 e. The fraction of sp³-hybridized carbons (Fsp3) is 0.148. The third-order valence-electron chi connectivity index (χ3n) is 6.23. The van der Waals surface area contributed by atoms with Crippen LogP contribution in [0.4, 0.5) is 13.2 Å². The Morgan fingerprint density at radius 3 is 2.61 bits per heavy atom. The zero-order valence-electron chi connectivity index (χ0n) is 19.6. The Morgan fingerprint density at radius 2 is 1.87 bits per heavy atom. The molecule has 38 heavy (non-hydrogen) atoms. The van der Waals surface area contributed by atoms with Gasteiger partial charge in [-0.05, 0) is 46.2 Å². The molecule has 0 saturated heterocycles. The summed E-state index contributed by atoms with van der Waals surface area (Å²) in [7, 11) is 0. The summed E-state index contributed by atoms with van der Waals surface area (Å²) < 4.78 is 42.9. The van der Waals surface area contributed by atoms with Gasteiger partial charge in [-0.25, -0.2) is 0 Å². The summed E-state index contributed by atoms with van der Waals surface area (Å²) in [5, 5.41) is 20.1. The van der Waals surface area contributed by atoms with Crippen molar-refractivity contribution in [3.05, 3.63) is 119 Å². The molecule has 11 heteroatoms. The monoisotopic (exact) mass is 556 g/mol. The number of aromatic nitrogens is 1. The molecule has 2 heterocycles. The molecule has 1 aromatic heterocycles. The molecule has 0 amide bonds. The minimum Gasteiger partial charge on any atom is -0.493 e. The van der Waals surface area contributed by atoms with Crippen LogP contribution in [0.2, 0.25) is 5.02 Å². The molecule has 1 atom stereocenters. The Labute approximate surface area is 223 Å². The molecule has 6 nitrogen and oxygen atoms in total. The zero-order valence-corrected chi connectivity index (χ0v) is 21.2. The van der Waals surface area contributed by atoms with E-state index in [1.54, 1.807) is 18.2 Å². The average molecular weight is 557 g/mol. The normalized spacial score (nSPS) is 14.2. The number of alkyl halides is 3. The number of thiazole rings is 1. The smallest absolute Gasteiger partial charge is 0.416 e. The first-order valence-electron chi connectivity index (χ1n) is 11.4. The highest BCUT2D eigenvalue weighted by Gasteiger charge is 2.34. The van der Waals surface area contributed by atoms with E-state index in [0.717, 1.165) is 27.5 Å². The summed E-state index contributed by atoms with van der Waals surface area (Å²) in [4.78, 5) is 12.7. The Bertz CT molecular complexity index is 1730. The zero-order chi connectivity index (χ0) is 27.0. The number of aromatic hydroxyl groups is 1. The van der Waals surface area contributed by atoms with Gasteiger partial charge in [-0.15, -0.1) is 0 Å². The molecule has 0 aliphatic carbocycles. The minimum atomic E-state index is -4.65. The van der Waals surface area contributed by atoms with E-state index in [4.69, 9.17) is 17.3 Å². The van der Waals surface area contributed by atoms with Gasteiger partial charge >= 0.3 is 11.0 Å². The summed E-state index contributed by atoms with van der Waals surface area (Å²) in [6, 6.07) is 17.1. The quantitative estimate of drug-likeness (QED) is 0.369. The topological polar surface area (TPSA) is 93.0 Å². The van der Waals surface area contributed by atoms with Gasteiger partial charge in [0.25, 0.3) is 0 Å². The Balaban J connectivity index is 1.66. The van der Waals surface area contributed by atoms with Crippen molar-refractivity contribution in [1.82, 2.24) is 4.57 Å². The van der Waals surface area contributed by atoms with Gasteiger partial charge in [-0.1, -0.05) is 65.4 Å². The second-order valence-electron chi connectivity index (χ2n) is 8.72. The van der Waals surface area contributed by atoms with E-state index < -0.39 is 22.7 Å². The molecule has 1 aliphatic rings. The van der Waals surface area contributed by atoms with Crippen LogP contribution < -0.4 is 21.2 Å². The van der Waals surface area contributed by atoms with Gasteiger partial charge in [0.2, 0.25) is 5.88 Å². The molecular weight excluding hydrogens is 537 g/mol. The van der Waals surface area contributed by atoms with Crippen molar-refractivity contribution in [2.45, 2.75) is 25.2 Å². The van der Waals surface area contributed by atoms with E-state index >= 15 is 0 Å². The molecule has 0 spiro atoms. The SMILES string of the molecule is N[C@H](Cn1c(O)c(C(Cc2ccc(Cl)cc2C(F)(F)F)=c2ccc3c(c2)C=NN=3)sc1=O)c1ccccc1. The van der Waals surface area contributed by atoms with Crippen molar-refractivity contribution in [1.29, 1.82) is 0 Å². The molecule has 0 radical (unpaired) electrons. The van der Waals surface area contributed by atoms with Crippen molar-refractivity contribution < 1.29 is 18.3 Å². The lowest BCUT2D eigenvalue weighted by Gasteiger charge is -2.16. The van der Waals surface area contributed by atoms with Gasteiger partial charge in [0.15, 0.2) is 0 Å². The standard InChI is InChI=1S/C27H20ClF3N4O2S/c28-19-8-6-17(21(12-19)27(29,30)31)11-20(16-7-9-23-18(10-16)13-33-34-23)24-25(36)35(26(37)38-24)14-22(32)15-4-2-1-3-5-15/h1-10,12-13,22,36H,11,14,32H2/t22-/m1/s1. The summed E-state index contributed by atoms with van der Waals surface area (Å²) in [6.45, 7) is -0.0110. The van der Waals surface area contributed by atoms with Crippen molar-refractivity contribution in [2.75, 3.05) is 0 Å². The molecule has 194 valence electrons. The fourth-order valence-corrected chi connectivity index (χ4v) is 5.45. The van der Waals surface area contributed by atoms with Crippen molar-refractivity contribution in [3.63, 3.8) is 0 Å². The van der Waals surface area contributed by atoms with E-state index in [1.165, 1.54) is 18.3 Å². The predicted octanol–water partition coefficient (Wildman–Crippen LogP) is 4.40. The lowest BCUT2D eigenvalue weighted by molar-refractivity contribution is -0.138. The molecule has 0 unspecified atom stereocenters. The highest BCUT2D eigenvalue weighted by Crippen LogP contribution is 2.37. The number of fused-ring (bicyclic) bond motifs is 1. The molecule has 0 bridgehead atoms. The molecule has 0 saturated carbocycles. The van der Waals surface area contributed by atoms with Crippen LogP contribution in [-0.2, 0) is 19.1 Å². The predicted molar refractivity (Wildman–Crippen MR) is 141 cm³/mol. The third-order valence-corrected chi connectivity index (χ3v) is 7.50. The number of rotatable bonds is 6. The van der Waals surface area contributed by atoms with E-state index in [0.29, 0.717) is 21.7 Å². The van der Waals surface area contributed by atoms with Crippen LogP contribution in [0.25, 0.3) is 5.57 Å². The fourth-order valence-electron chi connectivity index (χ4n) is 4.32. The number of nitrogens with two attached hydrogens (primary N) is 1. The van der Waals surface area contributed by atoms with Gasteiger partial charge < -0.3 is 10.8 Å². The first kappa shape index (κ1) is 25.9. The van der Waals surface area contributed by atoms with Crippen LogP contribution in [0.1, 0.15) is 33.2 Å². The van der Waals surface area contributed by atoms with Crippen LogP contribution in [0, 0.1) is 0 Å².